The van der Waals surface area contributed by atoms with E-state index in [1.54, 1.807) is 0 Å². The standard InChI is InChI=1S/C14H24O/c1-12(2)7-5-8-13(3)9-6-10-14(4)11-15/h6-7,9,11,13-14H,5,8,10H2,1-4H3. The van der Waals surface area contributed by atoms with E-state index >= 15 is 0 Å². The molecule has 0 bridgehead atoms. The van der Waals surface area contributed by atoms with E-state index in [-0.39, 0.29) is 5.92 Å². The summed E-state index contributed by atoms with van der Waals surface area (Å²) in [5, 5.41) is 0. The molecule has 0 spiro atoms. The van der Waals surface area contributed by atoms with Gasteiger partial charge in [-0.15, -0.1) is 0 Å². The van der Waals surface area contributed by atoms with Gasteiger partial charge in [0.2, 0.25) is 0 Å². The van der Waals surface area contributed by atoms with E-state index < -0.39 is 0 Å². The molecule has 2 atom stereocenters. The van der Waals surface area contributed by atoms with Crippen LogP contribution in [0.25, 0.3) is 0 Å². The molecule has 0 aromatic heterocycles. The van der Waals surface area contributed by atoms with Crippen LogP contribution in [0.5, 0.6) is 0 Å². The fourth-order valence-corrected chi connectivity index (χ4v) is 1.31. The van der Waals surface area contributed by atoms with E-state index in [2.05, 4.69) is 39.0 Å². The molecule has 0 aliphatic heterocycles. The molecule has 2 unspecified atom stereocenters. The average molecular weight is 208 g/mol. The Labute approximate surface area is 94.3 Å². The van der Waals surface area contributed by atoms with Crippen molar-refractivity contribution in [3.05, 3.63) is 23.8 Å². The summed E-state index contributed by atoms with van der Waals surface area (Å²) in [4.78, 5) is 10.4. The maximum absolute atomic E-state index is 10.4. The smallest absolute Gasteiger partial charge is 0.123 e. The van der Waals surface area contributed by atoms with Crippen molar-refractivity contribution >= 4 is 6.29 Å². The van der Waals surface area contributed by atoms with Crippen LogP contribution in [0.4, 0.5) is 0 Å². The van der Waals surface area contributed by atoms with Crippen LogP contribution >= 0.6 is 0 Å². The molecule has 15 heavy (non-hydrogen) atoms. The first-order valence-corrected chi connectivity index (χ1v) is 5.81. The summed E-state index contributed by atoms with van der Waals surface area (Å²) in [5.74, 6) is 0.769. The Morgan fingerprint density at radius 2 is 1.87 bits per heavy atom. The normalized spacial score (nSPS) is 14.9. The van der Waals surface area contributed by atoms with E-state index in [0.717, 1.165) is 19.1 Å². The lowest BCUT2D eigenvalue weighted by atomic mass is 10.0. The minimum atomic E-state index is 0.159. The Bertz CT molecular complexity index is 221. The van der Waals surface area contributed by atoms with Crippen molar-refractivity contribution in [3.63, 3.8) is 0 Å². The van der Waals surface area contributed by atoms with Crippen LogP contribution in [0.2, 0.25) is 0 Å². The molecule has 1 nitrogen and oxygen atoms in total. The Balaban J connectivity index is 3.68. The summed E-state index contributed by atoms with van der Waals surface area (Å²) in [5.41, 5.74) is 1.39. The molecule has 0 radical (unpaired) electrons. The lowest BCUT2D eigenvalue weighted by Crippen LogP contribution is -1.93. The maximum atomic E-state index is 10.4. The van der Waals surface area contributed by atoms with Crippen LogP contribution in [-0.2, 0) is 4.79 Å². The van der Waals surface area contributed by atoms with Crippen molar-refractivity contribution in [1.29, 1.82) is 0 Å². The molecule has 0 aliphatic carbocycles. The van der Waals surface area contributed by atoms with Gasteiger partial charge in [-0.3, -0.25) is 0 Å². The van der Waals surface area contributed by atoms with Crippen molar-refractivity contribution in [1.82, 2.24) is 0 Å². The predicted molar refractivity (Wildman–Crippen MR) is 66.8 cm³/mol. The fourth-order valence-electron chi connectivity index (χ4n) is 1.31. The third-order valence-corrected chi connectivity index (χ3v) is 2.38. The van der Waals surface area contributed by atoms with Crippen LogP contribution in [0.15, 0.2) is 23.8 Å². The molecule has 0 aliphatic rings. The van der Waals surface area contributed by atoms with Crippen LogP contribution in [0, 0.1) is 11.8 Å². The molecule has 86 valence electrons. The first-order chi connectivity index (χ1) is 7.06. The zero-order valence-corrected chi connectivity index (χ0v) is 10.5. The second kappa shape index (κ2) is 8.46. The minimum Gasteiger partial charge on any atom is -0.303 e. The number of hydrogen-bond acceptors (Lipinski definition) is 1. The van der Waals surface area contributed by atoms with E-state index in [1.165, 1.54) is 12.0 Å². The highest BCUT2D eigenvalue weighted by Gasteiger charge is 1.97. The number of carbonyl (C=O) groups is 1. The van der Waals surface area contributed by atoms with Gasteiger partial charge in [0, 0.05) is 5.92 Å². The summed E-state index contributed by atoms with van der Waals surface area (Å²) in [6.45, 7) is 8.44. The topological polar surface area (TPSA) is 17.1 Å². The first kappa shape index (κ1) is 14.2. The molecular formula is C14H24O. The Morgan fingerprint density at radius 3 is 2.40 bits per heavy atom. The van der Waals surface area contributed by atoms with Crippen molar-refractivity contribution in [2.45, 2.75) is 47.0 Å². The lowest BCUT2D eigenvalue weighted by Gasteiger charge is -2.04. The van der Waals surface area contributed by atoms with Gasteiger partial charge in [-0.1, -0.05) is 37.6 Å². The number of carbonyl (C=O) groups excluding carboxylic acids is 1. The molecule has 0 aromatic carbocycles. The highest BCUT2D eigenvalue weighted by molar-refractivity contribution is 5.52. The van der Waals surface area contributed by atoms with Gasteiger partial charge in [-0.2, -0.15) is 0 Å². The van der Waals surface area contributed by atoms with Crippen molar-refractivity contribution in [3.8, 4) is 0 Å². The highest BCUT2D eigenvalue weighted by Crippen LogP contribution is 2.10. The number of allylic oxidation sites excluding steroid dienone is 4. The van der Waals surface area contributed by atoms with Gasteiger partial charge in [0.25, 0.3) is 0 Å². The number of aldehydes is 1. The van der Waals surface area contributed by atoms with Crippen molar-refractivity contribution in [2.24, 2.45) is 11.8 Å². The van der Waals surface area contributed by atoms with E-state index in [1.807, 2.05) is 6.92 Å². The predicted octanol–water partition coefficient (Wildman–Crippen LogP) is 4.15. The summed E-state index contributed by atoms with van der Waals surface area (Å²) >= 11 is 0. The molecule has 0 rings (SSSR count). The molecule has 1 heteroatoms. The Kier molecular flexibility index (Phi) is 7.98. The summed E-state index contributed by atoms with van der Waals surface area (Å²) in [7, 11) is 0. The summed E-state index contributed by atoms with van der Waals surface area (Å²) in [6, 6.07) is 0. The fraction of sp³-hybridized carbons (Fsp3) is 0.643. The SMILES string of the molecule is CC(C)=CCCC(C)C=CCC(C)C=O. The number of rotatable bonds is 7. The molecule has 0 saturated heterocycles. The first-order valence-electron chi connectivity index (χ1n) is 5.81. The molecule has 0 saturated carbocycles. The lowest BCUT2D eigenvalue weighted by molar-refractivity contribution is -0.110. The van der Waals surface area contributed by atoms with Crippen LogP contribution in [0.3, 0.4) is 0 Å². The van der Waals surface area contributed by atoms with Crippen LogP contribution in [0.1, 0.15) is 47.0 Å². The third kappa shape index (κ3) is 9.45. The van der Waals surface area contributed by atoms with Crippen LogP contribution < -0.4 is 0 Å². The Hall–Kier alpha value is -0.850. The molecule has 0 aromatic rings. The largest absolute Gasteiger partial charge is 0.303 e. The molecule has 0 fully saturated rings. The van der Waals surface area contributed by atoms with Crippen molar-refractivity contribution < 1.29 is 4.79 Å². The average Bonchev–Trinajstić information content (AvgIpc) is 2.17. The van der Waals surface area contributed by atoms with E-state index in [4.69, 9.17) is 0 Å². The van der Waals surface area contributed by atoms with Gasteiger partial charge >= 0.3 is 0 Å². The van der Waals surface area contributed by atoms with Crippen molar-refractivity contribution in [2.75, 3.05) is 0 Å². The zero-order valence-electron chi connectivity index (χ0n) is 10.5. The highest BCUT2D eigenvalue weighted by atomic mass is 16.1. The third-order valence-electron chi connectivity index (χ3n) is 2.38. The van der Waals surface area contributed by atoms with Gasteiger partial charge in [0.15, 0.2) is 0 Å². The number of hydrogen-bond donors (Lipinski definition) is 0. The monoisotopic (exact) mass is 208 g/mol. The second-order valence-electron chi connectivity index (χ2n) is 4.61. The van der Waals surface area contributed by atoms with Crippen LogP contribution in [-0.4, -0.2) is 6.29 Å². The molecule has 0 heterocycles. The van der Waals surface area contributed by atoms with Gasteiger partial charge in [0.1, 0.15) is 6.29 Å². The van der Waals surface area contributed by atoms with E-state index in [9.17, 15) is 4.79 Å². The quantitative estimate of drug-likeness (QED) is 0.454. The second-order valence-corrected chi connectivity index (χ2v) is 4.61. The Morgan fingerprint density at radius 1 is 1.20 bits per heavy atom. The summed E-state index contributed by atoms with van der Waals surface area (Å²) < 4.78 is 0. The minimum absolute atomic E-state index is 0.159. The molecule has 0 amide bonds. The van der Waals surface area contributed by atoms with Gasteiger partial charge in [-0.05, 0) is 39.0 Å². The molecule has 0 N–H and O–H groups in total. The van der Waals surface area contributed by atoms with Gasteiger partial charge < -0.3 is 4.79 Å². The maximum Gasteiger partial charge on any atom is 0.123 e. The molecular weight excluding hydrogens is 184 g/mol. The van der Waals surface area contributed by atoms with Gasteiger partial charge in [-0.25, -0.2) is 0 Å². The summed E-state index contributed by atoms with van der Waals surface area (Å²) in [6.07, 6.45) is 10.9. The van der Waals surface area contributed by atoms with Gasteiger partial charge in [0.05, 0.1) is 0 Å². The van der Waals surface area contributed by atoms with E-state index in [0.29, 0.717) is 5.92 Å². The zero-order chi connectivity index (χ0) is 11.7.